The van der Waals surface area contributed by atoms with Gasteiger partial charge in [-0.25, -0.2) is 4.98 Å². The van der Waals surface area contributed by atoms with E-state index in [9.17, 15) is 4.39 Å². The number of hydrogen-bond acceptors (Lipinski definition) is 2. The molecular formula is C9H12ClFN2. The van der Waals surface area contributed by atoms with Crippen LogP contribution in [0.2, 0.25) is 5.02 Å². The number of rotatable bonds is 3. The van der Waals surface area contributed by atoms with Crippen molar-refractivity contribution in [3.63, 3.8) is 0 Å². The second-order valence-electron chi connectivity index (χ2n) is 2.94. The van der Waals surface area contributed by atoms with E-state index in [-0.39, 0.29) is 11.1 Å². The number of nitrogens with two attached hydrogens (primary N) is 1. The van der Waals surface area contributed by atoms with Gasteiger partial charge in [0.2, 0.25) is 5.95 Å². The van der Waals surface area contributed by atoms with Crippen LogP contribution in [-0.2, 0) is 0 Å². The Bertz CT molecular complexity index is 291. The third kappa shape index (κ3) is 2.64. The van der Waals surface area contributed by atoms with E-state index in [1.165, 1.54) is 12.3 Å². The zero-order valence-corrected chi connectivity index (χ0v) is 8.18. The van der Waals surface area contributed by atoms with Gasteiger partial charge in [0.15, 0.2) is 0 Å². The molecule has 1 aromatic rings. The molecule has 0 aliphatic carbocycles. The molecule has 0 spiro atoms. The van der Waals surface area contributed by atoms with E-state index in [0.717, 1.165) is 18.4 Å². The summed E-state index contributed by atoms with van der Waals surface area (Å²) in [7, 11) is 0. The van der Waals surface area contributed by atoms with Crippen LogP contribution in [0.4, 0.5) is 4.39 Å². The maximum Gasteiger partial charge on any atom is 0.231 e. The van der Waals surface area contributed by atoms with Crippen LogP contribution >= 0.6 is 11.6 Å². The molecule has 4 heteroatoms. The van der Waals surface area contributed by atoms with Crippen LogP contribution < -0.4 is 5.73 Å². The second kappa shape index (κ2) is 4.53. The molecule has 0 aliphatic rings. The Labute approximate surface area is 81.9 Å². The average Bonchev–Trinajstić information content (AvgIpc) is 2.10. The van der Waals surface area contributed by atoms with Crippen LogP contribution in [0.15, 0.2) is 12.3 Å². The van der Waals surface area contributed by atoms with Gasteiger partial charge >= 0.3 is 0 Å². The maximum atomic E-state index is 12.7. The van der Waals surface area contributed by atoms with Gasteiger partial charge in [-0.1, -0.05) is 24.9 Å². The van der Waals surface area contributed by atoms with Gasteiger partial charge < -0.3 is 5.73 Å². The van der Waals surface area contributed by atoms with E-state index in [1.54, 1.807) is 0 Å². The van der Waals surface area contributed by atoms with Crippen LogP contribution in [0.1, 0.15) is 31.4 Å². The predicted molar refractivity (Wildman–Crippen MR) is 51.0 cm³/mol. The standard InChI is InChI=1S/C9H12ClFN2/c1-2-3-8(12)6-4-7(10)9(11)13-5-6/h4-5,8H,2-3,12H2,1H3/t8-/m0/s1. The fraction of sp³-hybridized carbons (Fsp3) is 0.444. The highest BCUT2D eigenvalue weighted by Crippen LogP contribution is 2.20. The van der Waals surface area contributed by atoms with E-state index in [4.69, 9.17) is 17.3 Å². The Morgan fingerprint density at radius 2 is 2.38 bits per heavy atom. The summed E-state index contributed by atoms with van der Waals surface area (Å²) < 4.78 is 12.7. The van der Waals surface area contributed by atoms with Crippen LogP contribution in [0, 0.1) is 5.95 Å². The van der Waals surface area contributed by atoms with Crippen LogP contribution in [0.5, 0.6) is 0 Å². The molecule has 0 unspecified atom stereocenters. The monoisotopic (exact) mass is 202 g/mol. The van der Waals surface area contributed by atoms with Gasteiger partial charge in [0.05, 0.1) is 5.02 Å². The Balaban J connectivity index is 2.84. The van der Waals surface area contributed by atoms with Crippen molar-refractivity contribution in [3.8, 4) is 0 Å². The van der Waals surface area contributed by atoms with Crippen LogP contribution in [0.3, 0.4) is 0 Å². The molecule has 0 saturated carbocycles. The first kappa shape index (κ1) is 10.4. The lowest BCUT2D eigenvalue weighted by molar-refractivity contribution is 0.575. The second-order valence-corrected chi connectivity index (χ2v) is 3.34. The van der Waals surface area contributed by atoms with Gasteiger partial charge in [-0.15, -0.1) is 0 Å². The molecule has 2 N–H and O–H groups in total. The van der Waals surface area contributed by atoms with Crippen molar-refractivity contribution >= 4 is 11.6 Å². The maximum absolute atomic E-state index is 12.7. The summed E-state index contributed by atoms with van der Waals surface area (Å²) in [5.74, 6) is -0.644. The smallest absolute Gasteiger partial charge is 0.231 e. The molecule has 1 rings (SSSR count). The molecule has 1 heterocycles. The molecule has 13 heavy (non-hydrogen) atoms. The minimum Gasteiger partial charge on any atom is -0.324 e. The molecular weight excluding hydrogens is 191 g/mol. The molecule has 0 radical (unpaired) electrons. The summed E-state index contributed by atoms with van der Waals surface area (Å²) in [5.41, 5.74) is 6.59. The third-order valence-corrected chi connectivity index (χ3v) is 2.11. The Hall–Kier alpha value is -0.670. The lowest BCUT2D eigenvalue weighted by Gasteiger charge is -2.09. The highest BCUT2D eigenvalue weighted by molar-refractivity contribution is 6.30. The Morgan fingerprint density at radius 3 is 2.92 bits per heavy atom. The van der Waals surface area contributed by atoms with E-state index < -0.39 is 5.95 Å². The van der Waals surface area contributed by atoms with Crippen molar-refractivity contribution in [1.82, 2.24) is 4.98 Å². The largest absolute Gasteiger partial charge is 0.324 e. The van der Waals surface area contributed by atoms with E-state index in [1.807, 2.05) is 6.92 Å². The van der Waals surface area contributed by atoms with Gasteiger partial charge in [0.1, 0.15) is 0 Å². The van der Waals surface area contributed by atoms with Gasteiger partial charge in [-0.2, -0.15) is 4.39 Å². The Morgan fingerprint density at radius 1 is 1.69 bits per heavy atom. The molecule has 0 saturated heterocycles. The van der Waals surface area contributed by atoms with Crippen molar-refractivity contribution in [2.75, 3.05) is 0 Å². The van der Waals surface area contributed by atoms with Crippen molar-refractivity contribution in [2.24, 2.45) is 5.73 Å². The summed E-state index contributed by atoms with van der Waals surface area (Å²) in [6.45, 7) is 2.04. The van der Waals surface area contributed by atoms with Gasteiger partial charge in [-0.05, 0) is 18.1 Å². The van der Waals surface area contributed by atoms with Gasteiger partial charge in [-0.3, -0.25) is 0 Å². The van der Waals surface area contributed by atoms with E-state index >= 15 is 0 Å². The van der Waals surface area contributed by atoms with Crippen molar-refractivity contribution in [3.05, 3.63) is 28.8 Å². The number of aromatic nitrogens is 1. The van der Waals surface area contributed by atoms with Crippen molar-refractivity contribution in [1.29, 1.82) is 0 Å². The normalized spacial score (nSPS) is 12.9. The van der Waals surface area contributed by atoms with Crippen LogP contribution in [0.25, 0.3) is 0 Å². The molecule has 1 aromatic heterocycles. The first-order valence-electron chi connectivity index (χ1n) is 4.21. The summed E-state index contributed by atoms with van der Waals surface area (Å²) in [4.78, 5) is 3.50. The molecule has 0 fully saturated rings. The number of pyridine rings is 1. The van der Waals surface area contributed by atoms with Crippen molar-refractivity contribution < 1.29 is 4.39 Å². The van der Waals surface area contributed by atoms with E-state index in [0.29, 0.717) is 0 Å². The molecule has 2 nitrogen and oxygen atoms in total. The number of nitrogens with zero attached hydrogens (tertiary/aromatic N) is 1. The van der Waals surface area contributed by atoms with Crippen LogP contribution in [-0.4, -0.2) is 4.98 Å². The van der Waals surface area contributed by atoms with Gasteiger partial charge in [0.25, 0.3) is 0 Å². The minimum absolute atomic E-state index is 0.0315. The topological polar surface area (TPSA) is 38.9 Å². The fourth-order valence-electron chi connectivity index (χ4n) is 1.12. The summed E-state index contributed by atoms with van der Waals surface area (Å²) in [6.07, 6.45) is 3.27. The molecule has 1 atom stereocenters. The quantitative estimate of drug-likeness (QED) is 0.766. The van der Waals surface area contributed by atoms with E-state index in [2.05, 4.69) is 4.98 Å². The Kier molecular flexibility index (Phi) is 3.63. The summed E-state index contributed by atoms with van der Waals surface area (Å²) >= 11 is 5.57. The first-order valence-corrected chi connectivity index (χ1v) is 4.59. The predicted octanol–water partition coefficient (Wildman–Crippen LogP) is 2.67. The van der Waals surface area contributed by atoms with Crippen molar-refractivity contribution in [2.45, 2.75) is 25.8 Å². The SMILES string of the molecule is CCC[C@H](N)c1cnc(F)c(Cl)c1. The number of halogens is 2. The lowest BCUT2D eigenvalue weighted by Crippen LogP contribution is -2.10. The van der Waals surface area contributed by atoms with Gasteiger partial charge in [0, 0.05) is 12.2 Å². The fourth-order valence-corrected chi connectivity index (χ4v) is 1.29. The molecule has 72 valence electrons. The lowest BCUT2D eigenvalue weighted by atomic mass is 10.1. The molecule has 0 aliphatic heterocycles. The zero-order chi connectivity index (χ0) is 9.84. The minimum atomic E-state index is -0.644. The molecule has 0 aromatic carbocycles. The summed E-state index contributed by atoms with van der Waals surface area (Å²) in [6, 6.07) is 1.43. The highest BCUT2D eigenvalue weighted by atomic mass is 35.5. The first-order chi connectivity index (χ1) is 6.15. The molecule has 0 bridgehead atoms. The average molecular weight is 203 g/mol. The third-order valence-electron chi connectivity index (χ3n) is 1.85. The zero-order valence-electron chi connectivity index (χ0n) is 7.43. The molecule has 0 amide bonds. The summed E-state index contributed by atoms with van der Waals surface area (Å²) in [5, 5.41) is 0.0315. The highest BCUT2D eigenvalue weighted by Gasteiger charge is 2.08. The number of hydrogen-bond donors (Lipinski definition) is 1.